The highest BCUT2D eigenvalue weighted by Crippen LogP contribution is 2.19. The molecule has 1 aliphatic heterocycles. The maximum atomic E-state index is 12.6. The molecule has 1 amide bonds. The van der Waals surface area contributed by atoms with Gasteiger partial charge in [-0.15, -0.1) is 0 Å². The predicted octanol–water partition coefficient (Wildman–Crippen LogP) is 0.686. The number of pyridine rings is 2. The quantitative estimate of drug-likeness (QED) is 0.822. The molecule has 2 aromatic rings. The molecule has 7 nitrogen and oxygen atoms in total. The van der Waals surface area contributed by atoms with Crippen molar-refractivity contribution in [2.24, 2.45) is 14.1 Å². The van der Waals surface area contributed by atoms with Gasteiger partial charge in [-0.1, -0.05) is 0 Å². The highest BCUT2D eigenvalue weighted by atomic mass is 16.5. The zero-order valence-electron chi connectivity index (χ0n) is 14.6. The van der Waals surface area contributed by atoms with Crippen LogP contribution in [-0.4, -0.2) is 39.1 Å². The van der Waals surface area contributed by atoms with Gasteiger partial charge in [0.1, 0.15) is 17.4 Å². The second kappa shape index (κ2) is 6.58. The van der Waals surface area contributed by atoms with Crippen LogP contribution in [0.1, 0.15) is 22.5 Å². The smallest absolute Gasteiger partial charge is 0.263 e. The Hall–Kier alpha value is -2.83. The average Bonchev–Trinajstić information content (AvgIpc) is 3.03. The molecular weight excluding hydrogens is 322 g/mol. The summed E-state index contributed by atoms with van der Waals surface area (Å²) < 4.78 is 8.80. The summed E-state index contributed by atoms with van der Waals surface area (Å²) in [4.78, 5) is 38.1. The van der Waals surface area contributed by atoms with Crippen molar-refractivity contribution in [1.29, 1.82) is 0 Å². The fraction of sp³-hybridized carbons (Fsp3) is 0.389. The SMILES string of the molecule is Cc1cc(OC2CCN(C(=O)c3cccn(C)c3=O)C2)cc(=O)n1C. The van der Waals surface area contributed by atoms with E-state index in [1.54, 1.807) is 48.0 Å². The summed E-state index contributed by atoms with van der Waals surface area (Å²) >= 11 is 0. The lowest BCUT2D eigenvalue weighted by Gasteiger charge is -2.17. The molecule has 0 aliphatic carbocycles. The lowest BCUT2D eigenvalue weighted by molar-refractivity contribution is 0.0770. The molecule has 0 N–H and O–H groups in total. The Kier molecular flexibility index (Phi) is 4.48. The summed E-state index contributed by atoms with van der Waals surface area (Å²) in [6.45, 7) is 2.75. The van der Waals surface area contributed by atoms with E-state index in [1.165, 1.54) is 10.6 Å². The van der Waals surface area contributed by atoms with Crippen LogP contribution >= 0.6 is 0 Å². The fourth-order valence-corrected chi connectivity index (χ4v) is 2.94. The molecule has 7 heteroatoms. The molecule has 0 spiro atoms. The highest BCUT2D eigenvalue weighted by molar-refractivity contribution is 5.94. The number of hydrogen-bond acceptors (Lipinski definition) is 4. The molecule has 1 unspecified atom stereocenters. The first-order valence-electron chi connectivity index (χ1n) is 8.16. The number of amides is 1. The van der Waals surface area contributed by atoms with Crippen LogP contribution in [0.25, 0.3) is 0 Å². The minimum absolute atomic E-state index is 0.131. The molecule has 132 valence electrons. The summed E-state index contributed by atoms with van der Waals surface area (Å²) in [5.74, 6) is 0.225. The van der Waals surface area contributed by atoms with Gasteiger partial charge in [-0.3, -0.25) is 14.4 Å². The Morgan fingerprint density at radius 3 is 2.72 bits per heavy atom. The summed E-state index contributed by atoms with van der Waals surface area (Å²) in [6, 6.07) is 6.48. The molecular formula is C18H21N3O4. The fourth-order valence-electron chi connectivity index (χ4n) is 2.94. The number of ether oxygens (including phenoxy) is 1. The second-order valence-electron chi connectivity index (χ2n) is 6.35. The van der Waals surface area contributed by atoms with Crippen LogP contribution in [0, 0.1) is 6.92 Å². The molecule has 1 atom stereocenters. The Balaban J connectivity index is 1.72. The molecule has 0 aromatic carbocycles. The standard InChI is InChI=1S/C18H21N3O4/c1-12-9-14(10-16(22)20(12)3)25-13-6-8-21(11-13)18(24)15-5-4-7-19(2)17(15)23/h4-5,7,9-10,13H,6,8,11H2,1-3H3. The van der Waals surface area contributed by atoms with Crippen molar-refractivity contribution >= 4 is 5.91 Å². The van der Waals surface area contributed by atoms with Crippen LogP contribution < -0.4 is 15.9 Å². The van der Waals surface area contributed by atoms with Crippen LogP contribution in [0.3, 0.4) is 0 Å². The van der Waals surface area contributed by atoms with Gasteiger partial charge in [0.2, 0.25) is 0 Å². The van der Waals surface area contributed by atoms with E-state index < -0.39 is 0 Å². The van der Waals surface area contributed by atoms with E-state index in [-0.39, 0.29) is 28.7 Å². The molecule has 3 heterocycles. The van der Waals surface area contributed by atoms with E-state index in [4.69, 9.17) is 4.74 Å². The third-order valence-electron chi connectivity index (χ3n) is 4.57. The number of aryl methyl sites for hydroxylation is 2. The Bertz CT molecular complexity index is 929. The first-order valence-corrected chi connectivity index (χ1v) is 8.16. The molecule has 2 aromatic heterocycles. The van der Waals surface area contributed by atoms with E-state index in [0.29, 0.717) is 25.3 Å². The molecule has 0 bridgehead atoms. The van der Waals surface area contributed by atoms with E-state index in [9.17, 15) is 14.4 Å². The van der Waals surface area contributed by atoms with Gasteiger partial charge in [-0.25, -0.2) is 0 Å². The van der Waals surface area contributed by atoms with Gasteiger partial charge >= 0.3 is 0 Å². The first kappa shape index (κ1) is 17.0. The van der Waals surface area contributed by atoms with Gasteiger partial charge in [0.05, 0.1) is 6.54 Å². The Labute approximate surface area is 145 Å². The molecule has 0 saturated carbocycles. The van der Waals surface area contributed by atoms with Crippen molar-refractivity contribution in [3.63, 3.8) is 0 Å². The van der Waals surface area contributed by atoms with Gasteiger partial charge < -0.3 is 18.8 Å². The summed E-state index contributed by atoms with van der Waals surface area (Å²) in [5.41, 5.74) is 0.532. The Morgan fingerprint density at radius 1 is 1.24 bits per heavy atom. The predicted molar refractivity (Wildman–Crippen MR) is 93.0 cm³/mol. The van der Waals surface area contributed by atoms with E-state index in [1.807, 2.05) is 6.92 Å². The van der Waals surface area contributed by atoms with E-state index in [2.05, 4.69) is 0 Å². The minimum Gasteiger partial charge on any atom is -0.488 e. The number of carbonyl (C=O) groups excluding carboxylic acids is 1. The molecule has 3 rings (SSSR count). The summed E-state index contributed by atoms with van der Waals surface area (Å²) in [6.07, 6.45) is 2.09. The summed E-state index contributed by atoms with van der Waals surface area (Å²) in [7, 11) is 3.32. The van der Waals surface area contributed by atoms with Crippen LogP contribution in [0.15, 0.2) is 40.1 Å². The van der Waals surface area contributed by atoms with Gasteiger partial charge in [0.15, 0.2) is 0 Å². The maximum Gasteiger partial charge on any atom is 0.263 e. The maximum absolute atomic E-state index is 12.6. The monoisotopic (exact) mass is 343 g/mol. The largest absolute Gasteiger partial charge is 0.488 e. The number of likely N-dealkylation sites (tertiary alicyclic amines) is 1. The van der Waals surface area contributed by atoms with Crippen molar-refractivity contribution in [1.82, 2.24) is 14.0 Å². The van der Waals surface area contributed by atoms with Gasteiger partial charge in [0.25, 0.3) is 17.0 Å². The number of nitrogens with zero attached hydrogens (tertiary/aromatic N) is 3. The average molecular weight is 343 g/mol. The molecule has 25 heavy (non-hydrogen) atoms. The normalized spacial score (nSPS) is 16.9. The molecule has 0 radical (unpaired) electrons. The summed E-state index contributed by atoms with van der Waals surface area (Å²) in [5, 5.41) is 0. The minimum atomic E-state index is -0.306. The lowest BCUT2D eigenvalue weighted by atomic mass is 10.2. The molecule has 1 fully saturated rings. The van der Waals surface area contributed by atoms with Crippen LogP contribution in [0.2, 0.25) is 0 Å². The second-order valence-corrected chi connectivity index (χ2v) is 6.35. The van der Waals surface area contributed by atoms with Crippen molar-refractivity contribution in [2.75, 3.05) is 13.1 Å². The van der Waals surface area contributed by atoms with Crippen molar-refractivity contribution in [2.45, 2.75) is 19.4 Å². The van der Waals surface area contributed by atoms with Gasteiger partial charge in [-0.2, -0.15) is 0 Å². The number of carbonyl (C=O) groups is 1. The third kappa shape index (κ3) is 3.35. The topological polar surface area (TPSA) is 73.5 Å². The first-order chi connectivity index (χ1) is 11.9. The zero-order valence-corrected chi connectivity index (χ0v) is 14.6. The molecule has 1 saturated heterocycles. The number of hydrogen-bond donors (Lipinski definition) is 0. The van der Waals surface area contributed by atoms with Gasteiger partial charge in [0, 0.05) is 45.0 Å². The van der Waals surface area contributed by atoms with E-state index >= 15 is 0 Å². The van der Waals surface area contributed by atoms with Gasteiger partial charge in [-0.05, 0) is 25.1 Å². The highest BCUT2D eigenvalue weighted by Gasteiger charge is 2.29. The third-order valence-corrected chi connectivity index (χ3v) is 4.57. The zero-order chi connectivity index (χ0) is 18.1. The van der Waals surface area contributed by atoms with Crippen molar-refractivity contribution < 1.29 is 9.53 Å². The Morgan fingerprint density at radius 2 is 2.00 bits per heavy atom. The number of rotatable bonds is 3. The number of aromatic nitrogens is 2. The van der Waals surface area contributed by atoms with Crippen LogP contribution in [-0.2, 0) is 14.1 Å². The lowest BCUT2D eigenvalue weighted by Crippen LogP contribution is -2.35. The van der Waals surface area contributed by atoms with Crippen molar-refractivity contribution in [3.8, 4) is 5.75 Å². The van der Waals surface area contributed by atoms with E-state index in [0.717, 1.165) is 5.69 Å². The van der Waals surface area contributed by atoms with Crippen LogP contribution in [0.4, 0.5) is 0 Å². The van der Waals surface area contributed by atoms with Crippen molar-refractivity contribution in [3.05, 3.63) is 62.4 Å². The van der Waals surface area contributed by atoms with Crippen LogP contribution in [0.5, 0.6) is 5.75 Å². The molecule has 1 aliphatic rings.